The summed E-state index contributed by atoms with van der Waals surface area (Å²) in [7, 11) is 1.84. The molecule has 2 N–H and O–H groups in total. The SMILES string of the molecule is Cn1ncc2cc(NC(=O)O)ccc21. The molecule has 5 nitrogen and oxygen atoms in total. The smallest absolute Gasteiger partial charge is 0.409 e. The van der Waals surface area contributed by atoms with E-state index in [0.29, 0.717) is 5.69 Å². The highest BCUT2D eigenvalue weighted by atomic mass is 16.4. The van der Waals surface area contributed by atoms with Crippen LogP contribution in [-0.4, -0.2) is 21.0 Å². The first-order chi connectivity index (χ1) is 6.66. The molecule has 0 aliphatic heterocycles. The number of hydrogen-bond acceptors (Lipinski definition) is 2. The van der Waals surface area contributed by atoms with E-state index in [-0.39, 0.29) is 0 Å². The molecule has 1 heterocycles. The summed E-state index contributed by atoms with van der Waals surface area (Å²) in [6.07, 6.45) is 0.635. The minimum Gasteiger partial charge on any atom is -0.465 e. The number of aryl methyl sites for hydroxylation is 1. The van der Waals surface area contributed by atoms with Crippen molar-refractivity contribution < 1.29 is 9.90 Å². The molecular formula is C9H9N3O2. The van der Waals surface area contributed by atoms with E-state index in [1.807, 2.05) is 13.1 Å². The van der Waals surface area contributed by atoms with Crippen molar-refractivity contribution in [1.82, 2.24) is 9.78 Å². The largest absolute Gasteiger partial charge is 0.465 e. The second kappa shape index (κ2) is 3.02. The monoisotopic (exact) mass is 191 g/mol. The standard InChI is InChI=1S/C9H9N3O2/c1-12-8-3-2-7(11-9(13)14)4-6(8)5-10-12/h2-5,11H,1H3,(H,13,14). The Balaban J connectivity index is 2.46. The molecular weight excluding hydrogens is 182 g/mol. The summed E-state index contributed by atoms with van der Waals surface area (Å²) in [6.45, 7) is 0. The highest BCUT2D eigenvalue weighted by Crippen LogP contribution is 2.17. The molecule has 0 saturated carbocycles. The molecule has 2 aromatic rings. The van der Waals surface area contributed by atoms with Gasteiger partial charge in [-0.2, -0.15) is 5.10 Å². The second-order valence-corrected chi connectivity index (χ2v) is 2.97. The third-order valence-electron chi connectivity index (χ3n) is 2.00. The fourth-order valence-corrected chi connectivity index (χ4v) is 1.36. The van der Waals surface area contributed by atoms with Crippen molar-refractivity contribution in [3.63, 3.8) is 0 Å². The topological polar surface area (TPSA) is 67.2 Å². The summed E-state index contributed by atoms with van der Waals surface area (Å²) in [5, 5.41) is 15.8. The van der Waals surface area contributed by atoms with Crippen LogP contribution in [-0.2, 0) is 7.05 Å². The molecule has 14 heavy (non-hydrogen) atoms. The number of hydrogen-bond donors (Lipinski definition) is 2. The number of benzene rings is 1. The maximum absolute atomic E-state index is 10.4. The number of fused-ring (bicyclic) bond motifs is 1. The maximum Gasteiger partial charge on any atom is 0.409 e. The fraction of sp³-hybridized carbons (Fsp3) is 0.111. The average Bonchev–Trinajstić information content (AvgIpc) is 2.46. The molecule has 0 fully saturated rings. The second-order valence-electron chi connectivity index (χ2n) is 2.97. The Morgan fingerprint density at radius 1 is 1.57 bits per heavy atom. The number of anilines is 1. The zero-order valence-electron chi connectivity index (χ0n) is 7.56. The van der Waals surface area contributed by atoms with Gasteiger partial charge in [0.25, 0.3) is 0 Å². The minimum atomic E-state index is -1.06. The van der Waals surface area contributed by atoms with E-state index >= 15 is 0 Å². The molecule has 0 bridgehead atoms. The summed E-state index contributed by atoms with van der Waals surface area (Å²) in [5.74, 6) is 0. The highest BCUT2D eigenvalue weighted by molar-refractivity contribution is 5.88. The number of carboxylic acid groups (broad SMARTS) is 1. The van der Waals surface area contributed by atoms with Crippen LogP contribution in [0.15, 0.2) is 24.4 Å². The normalized spacial score (nSPS) is 10.4. The summed E-state index contributed by atoms with van der Waals surface area (Å²) in [6, 6.07) is 5.28. The lowest BCUT2D eigenvalue weighted by atomic mass is 10.2. The average molecular weight is 191 g/mol. The Morgan fingerprint density at radius 2 is 2.36 bits per heavy atom. The first-order valence-electron chi connectivity index (χ1n) is 4.08. The third kappa shape index (κ3) is 1.39. The molecule has 0 saturated heterocycles. The van der Waals surface area contributed by atoms with Gasteiger partial charge in [0, 0.05) is 18.1 Å². The van der Waals surface area contributed by atoms with E-state index in [1.165, 1.54) is 0 Å². The van der Waals surface area contributed by atoms with Gasteiger partial charge in [-0.05, 0) is 18.2 Å². The molecule has 1 amide bonds. The van der Waals surface area contributed by atoms with Crippen LogP contribution in [0.3, 0.4) is 0 Å². The molecule has 0 radical (unpaired) electrons. The molecule has 72 valence electrons. The van der Waals surface area contributed by atoms with Crippen LogP contribution in [0.4, 0.5) is 10.5 Å². The van der Waals surface area contributed by atoms with Crippen molar-refractivity contribution in [2.75, 3.05) is 5.32 Å². The van der Waals surface area contributed by atoms with Crippen molar-refractivity contribution in [3.8, 4) is 0 Å². The van der Waals surface area contributed by atoms with Crippen LogP contribution < -0.4 is 5.32 Å². The number of amides is 1. The number of nitrogens with zero attached hydrogens (tertiary/aromatic N) is 2. The predicted octanol–water partition coefficient (Wildman–Crippen LogP) is 1.66. The van der Waals surface area contributed by atoms with Gasteiger partial charge < -0.3 is 5.11 Å². The van der Waals surface area contributed by atoms with Gasteiger partial charge in [0.2, 0.25) is 0 Å². The van der Waals surface area contributed by atoms with Crippen LogP contribution in [0.1, 0.15) is 0 Å². The summed E-state index contributed by atoms with van der Waals surface area (Å²) in [4.78, 5) is 10.4. The lowest BCUT2D eigenvalue weighted by Crippen LogP contribution is -2.06. The molecule has 0 unspecified atom stereocenters. The number of nitrogens with one attached hydrogen (secondary N) is 1. The number of carbonyl (C=O) groups is 1. The van der Waals surface area contributed by atoms with Crippen molar-refractivity contribution in [3.05, 3.63) is 24.4 Å². The third-order valence-corrected chi connectivity index (χ3v) is 2.00. The predicted molar refractivity (Wildman–Crippen MR) is 52.4 cm³/mol. The van der Waals surface area contributed by atoms with Crippen LogP contribution in [0.25, 0.3) is 10.9 Å². The van der Waals surface area contributed by atoms with E-state index in [9.17, 15) is 4.79 Å². The highest BCUT2D eigenvalue weighted by Gasteiger charge is 2.02. The van der Waals surface area contributed by atoms with Crippen LogP contribution in [0.5, 0.6) is 0 Å². The quantitative estimate of drug-likeness (QED) is 0.720. The van der Waals surface area contributed by atoms with Gasteiger partial charge >= 0.3 is 6.09 Å². The Morgan fingerprint density at radius 3 is 3.07 bits per heavy atom. The van der Waals surface area contributed by atoms with E-state index in [4.69, 9.17) is 5.11 Å². The Labute approximate surface area is 80.0 Å². The summed E-state index contributed by atoms with van der Waals surface area (Å²) < 4.78 is 1.74. The zero-order chi connectivity index (χ0) is 10.1. The van der Waals surface area contributed by atoms with Gasteiger partial charge in [0.1, 0.15) is 0 Å². The molecule has 0 aliphatic rings. The van der Waals surface area contributed by atoms with Crippen molar-refractivity contribution >= 4 is 22.7 Å². The Bertz CT molecular complexity index is 490. The van der Waals surface area contributed by atoms with Crippen molar-refractivity contribution in [2.45, 2.75) is 0 Å². The van der Waals surface area contributed by atoms with Crippen LogP contribution >= 0.6 is 0 Å². The van der Waals surface area contributed by atoms with Gasteiger partial charge in [-0.25, -0.2) is 4.79 Å². The van der Waals surface area contributed by atoms with Gasteiger partial charge in [-0.1, -0.05) is 0 Å². The van der Waals surface area contributed by atoms with E-state index < -0.39 is 6.09 Å². The van der Waals surface area contributed by atoms with Crippen molar-refractivity contribution in [2.24, 2.45) is 7.05 Å². The first-order valence-corrected chi connectivity index (χ1v) is 4.08. The van der Waals surface area contributed by atoms with Gasteiger partial charge in [0.15, 0.2) is 0 Å². The van der Waals surface area contributed by atoms with E-state index in [0.717, 1.165) is 10.9 Å². The minimum absolute atomic E-state index is 0.554. The number of aromatic nitrogens is 2. The van der Waals surface area contributed by atoms with E-state index in [1.54, 1.807) is 23.0 Å². The van der Waals surface area contributed by atoms with E-state index in [2.05, 4.69) is 10.4 Å². The molecule has 2 rings (SSSR count). The molecule has 1 aromatic carbocycles. The van der Waals surface area contributed by atoms with Crippen LogP contribution in [0.2, 0.25) is 0 Å². The van der Waals surface area contributed by atoms with Gasteiger partial charge in [-0.15, -0.1) is 0 Å². The zero-order valence-corrected chi connectivity index (χ0v) is 7.56. The molecule has 0 spiro atoms. The van der Waals surface area contributed by atoms with Gasteiger partial charge in [0.05, 0.1) is 11.7 Å². The maximum atomic E-state index is 10.4. The van der Waals surface area contributed by atoms with Crippen molar-refractivity contribution in [1.29, 1.82) is 0 Å². The molecule has 1 aromatic heterocycles. The molecule has 0 atom stereocenters. The Kier molecular flexibility index (Phi) is 1.85. The number of rotatable bonds is 1. The molecule has 5 heteroatoms. The lowest BCUT2D eigenvalue weighted by Gasteiger charge is -2.00. The first kappa shape index (κ1) is 8.55. The van der Waals surface area contributed by atoms with Crippen LogP contribution in [0, 0.1) is 0 Å². The Hall–Kier alpha value is -2.04. The van der Waals surface area contributed by atoms with Gasteiger partial charge in [-0.3, -0.25) is 10.00 Å². The molecule has 0 aliphatic carbocycles. The lowest BCUT2D eigenvalue weighted by molar-refractivity contribution is 0.210. The fourth-order valence-electron chi connectivity index (χ4n) is 1.36. The summed E-state index contributed by atoms with van der Waals surface area (Å²) in [5.41, 5.74) is 1.53. The summed E-state index contributed by atoms with van der Waals surface area (Å²) >= 11 is 0.